The summed E-state index contributed by atoms with van der Waals surface area (Å²) in [7, 11) is 1.54. The van der Waals surface area contributed by atoms with E-state index in [4.69, 9.17) is 39.2 Å². The average Bonchev–Trinajstić information content (AvgIpc) is 2.76. The highest BCUT2D eigenvalue weighted by molar-refractivity contribution is 6.36. The first-order chi connectivity index (χ1) is 15.4. The van der Waals surface area contributed by atoms with Crippen molar-refractivity contribution in [2.75, 3.05) is 25.5 Å². The number of rotatable bonds is 6. The van der Waals surface area contributed by atoms with Gasteiger partial charge in [0, 0.05) is 22.7 Å². The van der Waals surface area contributed by atoms with Gasteiger partial charge in [0.1, 0.15) is 6.10 Å². The van der Waals surface area contributed by atoms with E-state index in [9.17, 15) is 4.79 Å². The minimum atomic E-state index is -0.177. The molecule has 0 saturated carbocycles. The Kier molecular flexibility index (Phi) is 6.08. The largest absolute Gasteiger partial charge is 0.493 e. The summed E-state index contributed by atoms with van der Waals surface area (Å²) in [5, 5.41) is 4.83. The number of nitrogens with zero attached hydrogens (tertiary/aromatic N) is 3. The standard InChI is InChI=1S/C23H18Cl2N4O3/c1-4-22(30)29-11-14(12-29)32-21-8-15-18(9-20(21)31-3)27-10-19(26-2)23(15)28-17-6-5-13(24)7-16(17)25/h4-10,14H,1,11-12H2,3H3,(H,27,28). The van der Waals surface area contributed by atoms with Crippen molar-refractivity contribution in [1.82, 2.24) is 9.88 Å². The molecule has 1 aromatic heterocycles. The Morgan fingerprint density at radius 3 is 2.75 bits per heavy atom. The van der Waals surface area contributed by atoms with Gasteiger partial charge in [-0.2, -0.15) is 0 Å². The van der Waals surface area contributed by atoms with E-state index in [1.54, 1.807) is 42.3 Å². The first-order valence-electron chi connectivity index (χ1n) is 9.61. The predicted octanol–water partition coefficient (Wildman–Crippen LogP) is 5.62. The molecule has 0 spiro atoms. The lowest BCUT2D eigenvalue weighted by atomic mass is 10.1. The summed E-state index contributed by atoms with van der Waals surface area (Å²) < 4.78 is 11.6. The molecular weight excluding hydrogens is 451 g/mol. The van der Waals surface area contributed by atoms with Crippen molar-refractivity contribution in [1.29, 1.82) is 0 Å². The van der Waals surface area contributed by atoms with Gasteiger partial charge in [-0.25, -0.2) is 4.85 Å². The first-order valence-corrected chi connectivity index (χ1v) is 10.4. The summed E-state index contributed by atoms with van der Waals surface area (Å²) >= 11 is 12.3. The molecule has 0 atom stereocenters. The highest BCUT2D eigenvalue weighted by Crippen LogP contribution is 2.41. The second kappa shape index (κ2) is 8.95. The lowest BCUT2D eigenvalue weighted by molar-refractivity contribution is -0.134. The van der Waals surface area contributed by atoms with E-state index in [-0.39, 0.29) is 12.0 Å². The third-order valence-corrected chi connectivity index (χ3v) is 5.62. The fourth-order valence-electron chi connectivity index (χ4n) is 3.38. The molecule has 2 heterocycles. The number of carbonyl (C=O) groups excluding carboxylic acids is 1. The Labute approximate surface area is 195 Å². The molecule has 1 amide bonds. The van der Waals surface area contributed by atoms with Crippen molar-refractivity contribution in [2.24, 2.45) is 0 Å². The Balaban J connectivity index is 1.73. The Bertz CT molecular complexity index is 1270. The number of carbonyl (C=O) groups is 1. The number of ether oxygens (including phenoxy) is 2. The van der Waals surface area contributed by atoms with Crippen LogP contribution in [0.25, 0.3) is 15.7 Å². The second-order valence-corrected chi connectivity index (χ2v) is 7.93. The first kappa shape index (κ1) is 21.8. The van der Waals surface area contributed by atoms with E-state index in [2.05, 4.69) is 21.7 Å². The zero-order valence-electron chi connectivity index (χ0n) is 17.1. The molecule has 0 radical (unpaired) electrons. The van der Waals surface area contributed by atoms with Crippen LogP contribution in [0.15, 0.2) is 49.2 Å². The maximum atomic E-state index is 11.7. The molecule has 0 unspecified atom stereocenters. The number of nitrogens with one attached hydrogen (secondary N) is 1. The van der Waals surface area contributed by atoms with Crippen LogP contribution in [0.2, 0.25) is 10.0 Å². The molecule has 1 aliphatic rings. The average molecular weight is 469 g/mol. The smallest absolute Gasteiger partial charge is 0.246 e. The Morgan fingerprint density at radius 2 is 2.09 bits per heavy atom. The summed E-state index contributed by atoms with van der Waals surface area (Å²) in [4.78, 5) is 21.3. The number of aromatic nitrogens is 1. The van der Waals surface area contributed by atoms with Crippen LogP contribution in [-0.4, -0.2) is 42.1 Å². The molecule has 7 nitrogen and oxygen atoms in total. The molecule has 1 saturated heterocycles. The van der Waals surface area contributed by atoms with E-state index >= 15 is 0 Å². The number of amides is 1. The van der Waals surface area contributed by atoms with Crippen molar-refractivity contribution in [2.45, 2.75) is 6.10 Å². The maximum absolute atomic E-state index is 11.7. The van der Waals surface area contributed by atoms with E-state index in [1.807, 2.05) is 0 Å². The number of halogens is 2. The molecule has 0 aliphatic carbocycles. The molecule has 1 fully saturated rings. The van der Waals surface area contributed by atoms with Gasteiger partial charge in [0.15, 0.2) is 11.5 Å². The maximum Gasteiger partial charge on any atom is 0.246 e. The molecule has 32 heavy (non-hydrogen) atoms. The Hall–Kier alpha value is -3.47. The van der Waals surface area contributed by atoms with Gasteiger partial charge < -0.3 is 19.7 Å². The van der Waals surface area contributed by atoms with Crippen LogP contribution in [0, 0.1) is 6.57 Å². The van der Waals surface area contributed by atoms with Crippen LogP contribution < -0.4 is 14.8 Å². The van der Waals surface area contributed by atoms with Crippen LogP contribution in [0.4, 0.5) is 17.1 Å². The van der Waals surface area contributed by atoms with Crippen LogP contribution in [0.5, 0.6) is 11.5 Å². The number of likely N-dealkylation sites (tertiary alicyclic amines) is 1. The number of methoxy groups -OCH3 is 1. The predicted molar refractivity (Wildman–Crippen MR) is 125 cm³/mol. The van der Waals surface area contributed by atoms with E-state index < -0.39 is 0 Å². The number of anilines is 2. The van der Waals surface area contributed by atoms with Gasteiger partial charge in [0.2, 0.25) is 11.6 Å². The summed E-state index contributed by atoms with van der Waals surface area (Å²) in [5.41, 5.74) is 2.08. The molecule has 4 rings (SSSR count). The Morgan fingerprint density at radius 1 is 1.31 bits per heavy atom. The third-order valence-electron chi connectivity index (χ3n) is 5.07. The summed E-state index contributed by atoms with van der Waals surface area (Å²) in [6, 6.07) is 8.60. The minimum absolute atomic E-state index is 0.132. The molecule has 162 valence electrons. The summed E-state index contributed by atoms with van der Waals surface area (Å²) in [5.74, 6) is 0.863. The van der Waals surface area contributed by atoms with Crippen LogP contribution >= 0.6 is 23.2 Å². The normalized spacial score (nSPS) is 13.2. The summed E-state index contributed by atoms with van der Waals surface area (Å²) in [6.07, 6.45) is 2.60. The van der Waals surface area contributed by atoms with Gasteiger partial charge in [-0.05, 0) is 30.3 Å². The van der Waals surface area contributed by atoms with Gasteiger partial charge in [0.05, 0.1) is 48.7 Å². The fraction of sp³-hybridized carbons (Fsp3) is 0.174. The third kappa shape index (κ3) is 4.15. The number of pyridine rings is 1. The highest BCUT2D eigenvalue weighted by atomic mass is 35.5. The monoisotopic (exact) mass is 468 g/mol. The zero-order valence-corrected chi connectivity index (χ0v) is 18.6. The van der Waals surface area contributed by atoms with Crippen molar-refractivity contribution >= 4 is 57.1 Å². The number of hydrogen-bond donors (Lipinski definition) is 1. The quantitative estimate of drug-likeness (QED) is 0.375. The van der Waals surface area contributed by atoms with Crippen molar-refractivity contribution < 1.29 is 14.3 Å². The molecule has 3 aromatic rings. The molecule has 9 heteroatoms. The zero-order chi connectivity index (χ0) is 22.8. The molecule has 1 aliphatic heterocycles. The van der Waals surface area contributed by atoms with Gasteiger partial charge in [0.25, 0.3) is 0 Å². The lowest BCUT2D eigenvalue weighted by Gasteiger charge is -2.38. The van der Waals surface area contributed by atoms with Crippen LogP contribution in [0.3, 0.4) is 0 Å². The van der Waals surface area contributed by atoms with Crippen LogP contribution in [0.1, 0.15) is 0 Å². The van der Waals surface area contributed by atoms with Gasteiger partial charge in [-0.1, -0.05) is 29.8 Å². The van der Waals surface area contributed by atoms with Gasteiger partial charge in [-0.15, -0.1) is 0 Å². The second-order valence-electron chi connectivity index (χ2n) is 7.09. The fourth-order valence-corrected chi connectivity index (χ4v) is 3.84. The molecule has 0 bridgehead atoms. The SMILES string of the molecule is [C-]#[N+]c1cnc2cc(OC)c(OC3CN(C(=O)C=C)C3)cc2c1Nc1ccc(Cl)cc1Cl. The number of fused-ring (bicyclic) bond motifs is 1. The van der Waals surface area contributed by atoms with Crippen molar-refractivity contribution in [3.05, 3.63) is 70.6 Å². The summed E-state index contributed by atoms with van der Waals surface area (Å²) in [6.45, 7) is 12.0. The minimum Gasteiger partial charge on any atom is -0.493 e. The van der Waals surface area contributed by atoms with Gasteiger partial charge >= 0.3 is 0 Å². The topological polar surface area (TPSA) is 68.0 Å². The number of benzene rings is 2. The lowest BCUT2D eigenvalue weighted by Crippen LogP contribution is -2.55. The van der Waals surface area contributed by atoms with E-state index in [0.717, 1.165) is 0 Å². The van der Waals surface area contributed by atoms with E-state index in [1.165, 1.54) is 12.3 Å². The van der Waals surface area contributed by atoms with Crippen LogP contribution in [-0.2, 0) is 4.79 Å². The molecule has 2 aromatic carbocycles. The van der Waals surface area contributed by atoms with Crippen molar-refractivity contribution in [3.63, 3.8) is 0 Å². The van der Waals surface area contributed by atoms with Gasteiger partial charge in [-0.3, -0.25) is 9.78 Å². The number of hydrogen-bond acceptors (Lipinski definition) is 5. The highest BCUT2D eigenvalue weighted by Gasteiger charge is 2.31. The molecule has 1 N–H and O–H groups in total. The van der Waals surface area contributed by atoms with Crippen molar-refractivity contribution in [3.8, 4) is 11.5 Å². The van der Waals surface area contributed by atoms with E-state index in [0.29, 0.717) is 62.6 Å². The molecular formula is C23H18Cl2N4O3.